The van der Waals surface area contributed by atoms with Gasteiger partial charge in [-0.05, 0) is 290 Å². The summed E-state index contributed by atoms with van der Waals surface area (Å²) in [6, 6.07) is 81.7. The second-order valence-corrected chi connectivity index (χ2v) is 33.5. The van der Waals surface area contributed by atoms with Gasteiger partial charge in [-0.25, -0.2) is 0 Å². The van der Waals surface area contributed by atoms with Gasteiger partial charge in [-0.1, -0.05) is 193 Å². The Kier molecular flexibility index (Phi) is 13.0. The molecular weight excluding hydrogens is 1260 g/mol. The number of fused-ring (bicyclic) bond motifs is 15. The molecule has 3 aromatic heterocycles. The van der Waals surface area contributed by atoms with Crippen LogP contribution < -0.4 is 14.7 Å². The molecule has 6 heterocycles. The summed E-state index contributed by atoms with van der Waals surface area (Å²) < 4.78 is 0. The van der Waals surface area contributed by atoms with Gasteiger partial charge in [0, 0.05) is 86.0 Å². The average Bonchev–Trinajstić information content (AvgIpc) is 1.50. The Bertz CT molecular complexity index is 5870. The van der Waals surface area contributed by atoms with E-state index in [1.807, 2.05) is 18.6 Å². The summed E-state index contributed by atoms with van der Waals surface area (Å²) in [6.07, 6.45) is 20.2. The normalized spacial score (nSPS) is 24.1. The van der Waals surface area contributed by atoms with Crippen molar-refractivity contribution in [2.45, 2.75) is 172 Å². The summed E-state index contributed by atoms with van der Waals surface area (Å²) in [6.45, 7) is 21.8. The topological polar surface area (TPSA) is 48.4 Å². The van der Waals surface area contributed by atoms with E-state index < -0.39 is 0 Å². The Labute approximate surface area is 611 Å². The number of rotatable bonds is 8. The summed E-state index contributed by atoms with van der Waals surface area (Å²) in [5, 5.41) is 15.8. The van der Waals surface area contributed by atoms with Crippen LogP contribution in [0.3, 0.4) is 0 Å². The lowest BCUT2D eigenvalue weighted by molar-refractivity contribution is 0.195. The van der Waals surface area contributed by atoms with Crippen molar-refractivity contribution in [3.05, 3.63) is 259 Å². The van der Waals surface area contributed by atoms with Gasteiger partial charge in [0.15, 0.2) is 0 Å². The van der Waals surface area contributed by atoms with E-state index in [0.717, 1.165) is 55.6 Å². The number of nitrogens with zero attached hydrogens (tertiary/aromatic N) is 6. The molecule has 0 radical (unpaired) electrons. The molecule has 0 N–H and O–H groups in total. The van der Waals surface area contributed by atoms with Crippen molar-refractivity contribution in [3.8, 4) is 55.6 Å². The number of benzene rings is 10. The molecule has 6 aliphatic rings. The summed E-state index contributed by atoms with van der Waals surface area (Å²) in [4.78, 5) is 22.2. The van der Waals surface area contributed by atoms with E-state index >= 15 is 0 Å². The minimum absolute atomic E-state index is 0.0352. The number of anilines is 6. The van der Waals surface area contributed by atoms with Gasteiger partial charge in [0.05, 0.1) is 16.6 Å². The molecule has 0 saturated heterocycles. The molecule has 0 spiro atoms. The number of aryl methyl sites for hydroxylation is 3. The summed E-state index contributed by atoms with van der Waals surface area (Å²) in [5.74, 6) is 0. The van der Waals surface area contributed by atoms with Crippen LogP contribution in [0.15, 0.2) is 225 Å². The van der Waals surface area contributed by atoms with Crippen LogP contribution in [0.1, 0.15) is 152 Å². The summed E-state index contributed by atoms with van der Waals surface area (Å²) in [7, 11) is 0. The molecule has 6 heteroatoms. The van der Waals surface area contributed by atoms with E-state index in [2.05, 4.69) is 288 Å². The third kappa shape index (κ3) is 8.04. The van der Waals surface area contributed by atoms with Crippen molar-refractivity contribution in [2.24, 2.45) is 0 Å². The molecule has 0 amide bonds. The Morgan fingerprint density at radius 3 is 0.990 bits per heavy atom. The minimum atomic E-state index is -0.112. The number of pyridine rings is 3. The molecule has 6 atom stereocenters. The molecular formula is C98H88N6. The molecule has 6 unspecified atom stereocenters. The van der Waals surface area contributed by atoms with Crippen LogP contribution in [0.5, 0.6) is 0 Å². The highest BCUT2D eigenvalue weighted by Gasteiger charge is 2.61. The predicted octanol–water partition coefficient (Wildman–Crippen LogP) is 26.2. The van der Waals surface area contributed by atoms with Gasteiger partial charge in [0.25, 0.3) is 0 Å². The Morgan fingerprint density at radius 1 is 0.269 bits per heavy atom. The van der Waals surface area contributed by atoms with Crippen LogP contribution in [-0.2, 0) is 16.2 Å². The molecule has 3 aliphatic heterocycles. The van der Waals surface area contributed by atoms with Gasteiger partial charge >= 0.3 is 0 Å². The number of hydrogen-bond donors (Lipinski definition) is 0. The third-order valence-electron chi connectivity index (χ3n) is 28.6. The maximum atomic E-state index is 4.72. The van der Waals surface area contributed by atoms with Crippen molar-refractivity contribution in [3.63, 3.8) is 0 Å². The highest BCUT2D eigenvalue weighted by Crippen LogP contribution is 2.66. The molecule has 0 bridgehead atoms. The summed E-state index contributed by atoms with van der Waals surface area (Å²) in [5.41, 5.74) is 27.5. The monoisotopic (exact) mass is 1350 g/mol. The van der Waals surface area contributed by atoms with Crippen LogP contribution in [0.25, 0.3) is 120 Å². The first kappa shape index (κ1) is 62.2. The van der Waals surface area contributed by atoms with Crippen molar-refractivity contribution in [1.29, 1.82) is 0 Å². The fraction of sp³-hybridized carbons (Fsp3) is 0.276. The van der Waals surface area contributed by atoms with Crippen molar-refractivity contribution >= 4 is 98.8 Å². The van der Waals surface area contributed by atoms with Gasteiger partial charge in [-0.3, -0.25) is 15.0 Å². The smallest absolute Gasteiger partial charge is 0.0517 e. The van der Waals surface area contributed by atoms with E-state index in [1.54, 1.807) is 0 Å². The average molecular weight is 1350 g/mol. The maximum Gasteiger partial charge on any atom is 0.0517 e. The molecule has 12 aromatic carbocycles. The van der Waals surface area contributed by atoms with Crippen LogP contribution in [-0.4, -0.2) is 31.6 Å². The third-order valence-corrected chi connectivity index (χ3v) is 28.6. The van der Waals surface area contributed by atoms with Crippen LogP contribution >= 0.6 is 0 Å². The van der Waals surface area contributed by atoms with E-state index in [0.29, 0.717) is 0 Å². The van der Waals surface area contributed by atoms with Crippen molar-refractivity contribution in [1.82, 2.24) is 15.0 Å². The van der Waals surface area contributed by atoms with Gasteiger partial charge < -0.3 is 14.7 Å². The zero-order valence-electron chi connectivity index (χ0n) is 61.5. The quantitative estimate of drug-likeness (QED) is 0.151. The maximum absolute atomic E-state index is 4.72. The molecule has 3 aliphatic carbocycles. The molecule has 510 valence electrons. The molecule has 21 rings (SSSR count). The van der Waals surface area contributed by atoms with Gasteiger partial charge in [0.1, 0.15) is 0 Å². The molecule has 104 heavy (non-hydrogen) atoms. The predicted molar refractivity (Wildman–Crippen MR) is 437 cm³/mol. The second kappa shape index (κ2) is 21.8. The summed E-state index contributed by atoms with van der Waals surface area (Å²) >= 11 is 0. The Balaban J connectivity index is 0.850. The van der Waals surface area contributed by atoms with E-state index in [4.69, 9.17) is 9.97 Å². The van der Waals surface area contributed by atoms with Crippen LogP contribution in [0.4, 0.5) is 34.1 Å². The highest BCUT2D eigenvalue weighted by atomic mass is 15.3. The highest BCUT2D eigenvalue weighted by molar-refractivity contribution is 6.47. The molecule has 6 nitrogen and oxygen atoms in total. The fourth-order valence-electron chi connectivity index (χ4n) is 23.0. The standard InChI is InChI=1S/C98H88N6/c1-59-53-67(41-50-99-59)102-81-38-29-64(56-78(81)93(4)44-16-19-47-96(93,102)7)70-32-35-75-86-73(70)27-22-28-74(86)89-84(62-23-12-10-13-24-62)91-76-36-33-71(65-30-39-82-79(57-65)94(5)45-17-20-48-97(94,8)103(82)68-42-51-100-60(2)54-68)87-72(34-37-77(88(76)87)92(91)85(90(75)89)63-25-14-11-15-26-63)66-31-40-83-80(58-66)95(6)46-18-21-49-98(95,9)104(83)69-43-52-101-61(3)55-69/h10-15,22-43,50-58H,16-21,44-49H2,1-9H3. The SMILES string of the molecule is Cc1cc(N2c3ccc(-c4ccc5c6c(-c7ccccc7)c7c8ccc(-c9ccc%10c(c9)C9(C)CCCCC9(C)N%10c9ccnc(C)c9)c9c(-c%10ccc%11c(c%10)C%10(C)CCCCC%10(C)N%11c%10ccnc(C)c%10)ccc(c7c(-c7ccccc7)c6c6cccc4c65)c98)cc3C3(C)CCCCC23C)ccn1. The van der Waals surface area contributed by atoms with Gasteiger partial charge in [0.2, 0.25) is 0 Å². The Morgan fingerprint density at radius 2 is 0.606 bits per heavy atom. The first-order valence-corrected chi connectivity index (χ1v) is 38.7. The lowest BCUT2D eigenvalue weighted by Crippen LogP contribution is -2.54. The van der Waals surface area contributed by atoms with Crippen LogP contribution in [0, 0.1) is 20.8 Å². The zero-order chi connectivity index (χ0) is 70.1. The Hall–Kier alpha value is -10.4. The zero-order valence-corrected chi connectivity index (χ0v) is 61.5. The largest absolute Gasteiger partial charge is 0.334 e. The number of aromatic nitrogens is 3. The molecule has 3 fully saturated rings. The fourth-order valence-corrected chi connectivity index (χ4v) is 23.0. The number of hydrogen-bond acceptors (Lipinski definition) is 6. The second-order valence-electron chi connectivity index (χ2n) is 33.5. The minimum Gasteiger partial charge on any atom is -0.334 e. The van der Waals surface area contributed by atoms with E-state index in [1.165, 1.54) is 210 Å². The van der Waals surface area contributed by atoms with Crippen molar-refractivity contribution < 1.29 is 0 Å². The van der Waals surface area contributed by atoms with E-state index in [-0.39, 0.29) is 32.9 Å². The molecule has 3 saturated carbocycles. The van der Waals surface area contributed by atoms with Crippen LogP contribution in [0.2, 0.25) is 0 Å². The van der Waals surface area contributed by atoms with Gasteiger partial charge in [-0.2, -0.15) is 0 Å². The molecule has 15 aromatic rings. The van der Waals surface area contributed by atoms with Gasteiger partial charge in [-0.15, -0.1) is 0 Å². The first-order chi connectivity index (χ1) is 50.5. The van der Waals surface area contributed by atoms with E-state index in [9.17, 15) is 0 Å². The van der Waals surface area contributed by atoms with Crippen molar-refractivity contribution in [2.75, 3.05) is 14.7 Å². The first-order valence-electron chi connectivity index (χ1n) is 38.7. The lowest BCUT2D eigenvalue weighted by atomic mass is 9.61. The lowest BCUT2D eigenvalue weighted by Gasteiger charge is -2.50.